The molecule has 5 atom stereocenters. The van der Waals surface area contributed by atoms with Crippen molar-refractivity contribution in [1.29, 1.82) is 0 Å². The Morgan fingerprint density at radius 2 is 1.16 bits per heavy atom. The van der Waals surface area contributed by atoms with Gasteiger partial charge in [0.15, 0.2) is 11.9 Å². The molecule has 1 spiro atoms. The highest BCUT2D eigenvalue weighted by atomic mass is 16.6. The van der Waals surface area contributed by atoms with E-state index >= 15 is 0 Å². The predicted molar refractivity (Wildman–Crippen MR) is 293 cm³/mol. The van der Waals surface area contributed by atoms with Crippen LogP contribution in [0.1, 0.15) is 42.5 Å². The molecular formula is C63H49N7O4. The topological polar surface area (TPSA) is 138 Å². The van der Waals surface area contributed by atoms with Gasteiger partial charge in [0.2, 0.25) is 5.78 Å². The van der Waals surface area contributed by atoms with Crippen LogP contribution in [0.5, 0.6) is 0 Å². The first-order valence-electron chi connectivity index (χ1n) is 25.3. The second-order valence-corrected chi connectivity index (χ2v) is 20.1. The number of nitrogens with zero attached hydrogens (tertiary/aromatic N) is 4. The summed E-state index contributed by atoms with van der Waals surface area (Å²) in [6.45, 7) is 2.28. The molecule has 4 aromatic carbocycles. The number of hydrogen-bond acceptors (Lipinski definition) is 9. The van der Waals surface area contributed by atoms with Gasteiger partial charge in [0, 0.05) is 74.2 Å². The van der Waals surface area contributed by atoms with Gasteiger partial charge in [-0.2, -0.15) is 5.10 Å². The molecule has 0 radical (unpaired) electrons. The summed E-state index contributed by atoms with van der Waals surface area (Å²) in [6, 6.07) is 48.0. The average molecular weight is 968 g/mol. The molecule has 11 heteroatoms. The summed E-state index contributed by atoms with van der Waals surface area (Å²) in [7, 11) is 2.17. The number of anilines is 1. The molecule has 360 valence electrons. The number of aromatic amines is 2. The molecule has 0 amide bonds. The Labute approximate surface area is 427 Å². The van der Waals surface area contributed by atoms with Crippen LogP contribution in [0.3, 0.4) is 0 Å². The fourth-order valence-corrected chi connectivity index (χ4v) is 12.7. The normalized spacial score (nSPS) is 22.6. The van der Waals surface area contributed by atoms with E-state index in [1.54, 1.807) is 0 Å². The molecule has 10 bridgehead atoms. The SMILES string of the molecule is CC(=O)O[C@H]1C=C[C@H]2[C@H]3CC4=C/C(=N/Nc5ccc(-c6c7nc(c(-c8ccccc8)c8ccc([nH]8)c(-c8ccccc8)c8nc(c(-c9ccccc9)c9ccc6[nH]9)C=C8)C=C7)cc5)C(=O)C5=C4[C@@]2(CCN3C)[C@H]1O5. The number of nitrogens with one attached hydrogen (secondary N) is 3. The lowest BCUT2D eigenvalue weighted by molar-refractivity contribution is -0.158. The second-order valence-electron chi connectivity index (χ2n) is 20.1. The van der Waals surface area contributed by atoms with Gasteiger partial charge in [0.1, 0.15) is 11.8 Å². The highest BCUT2D eigenvalue weighted by Crippen LogP contribution is 2.64. The van der Waals surface area contributed by atoms with Crippen molar-refractivity contribution in [3.8, 4) is 44.5 Å². The molecule has 74 heavy (non-hydrogen) atoms. The third-order valence-electron chi connectivity index (χ3n) is 15.9. The Kier molecular flexibility index (Phi) is 10.1. The number of ether oxygens (including phenoxy) is 2. The van der Waals surface area contributed by atoms with E-state index in [1.807, 2.05) is 42.5 Å². The van der Waals surface area contributed by atoms with Crippen LogP contribution in [0, 0.1) is 11.3 Å². The van der Waals surface area contributed by atoms with Crippen LogP contribution in [-0.2, 0) is 19.1 Å². The number of fused-ring (bicyclic) bond motifs is 8. The number of carbonyl (C=O) groups is 2. The maximum atomic E-state index is 14.4. The second kappa shape index (κ2) is 17.1. The number of benzene rings is 4. The van der Waals surface area contributed by atoms with Gasteiger partial charge in [-0.25, -0.2) is 9.97 Å². The molecule has 0 unspecified atom stereocenters. The van der Waals surface area contributed by atoms with Crippen molar-refractivity contribution in [3.05, 3.63) is 197 Å². The maximum absolute atomic E-state index is 14.4. The number of H-pyrrole nitrogens is 2. The van der Waals surface area contributed by atoms with Gasteiger partial charge in [-0.3, -0.25) is 15.0 Å². The van der Waals surface area contributed by atoms with E-state index in [0.29, 0.717) is 11.4 Å². The van der Waals surface area contributed by atoms with Gasteiger partial charge in [-0.05, 0) is 127 Å². The zero-order chi connectivity index (χ0) is 49.7. The van der Waals surface area contributed by atoms with Crippen LogP contribution in [0.15, 0.2) is 180 Å². The molecular weight excluding hydrogens is 919 g/mol. The number of ketones is 1. The molecule has 3 N–H and O–H groups in total. The van der Waals surface area contributed by atoms with Gasteiger partial charge >= 0.3 is 5.97 Å². The summed E-state index contributed by atoms with van der Waals surface area (Å²) in [5, 5.41) is 4.75. The number of esters is 1. The first-order valence-corrected chi connectivity index (χ1v) is 25.3. The largest absolute Gasteiger partial charge is 0.481 e. The predicted octanol–water partition coefficient (Wildman–Crippen LogP) is 12.5. The van der Waals surface area contributed by atoms with Gasteiger partial charge < -0.3 is 24.3 Å². The highest BCUT2D eigenvalue weighted by Gasteiger charge is 2.67. The minimum Gasteiger partial charge on any atom is -0.481 e. The van der Waals surface area contributed by atoms with Crippen LogP contribution in [0.4, 0.5) is 5.69 Å². The molecule has 2 fully saturated rings. The molecule has 4 aliphatic heterocycles. The lowest BCUT2D eigenvalue weighted by Gasteiger charge is -2.58. The molecule has 7 aromatic rings. The van der Waals surface area contributed by atoms with Crippen molar-refractivity contribution in [2.24, 2.45) is 16.4 Å². The number of hydrogen-bond donors (Lipinski definition) is 3. The molecule has 14 rings (SSSR count). The van der Waals surface area contributed by atoms with E-state index in [2.05, 4.69) is 167 Å². The molecule has 3 aromatic heterocycles. The number of piperidine rings is 1. The Morgan fingerprint density at radius 3 is 1.65 bits per heavy atom. The van der Waals surface area contributed by atoms with Gasteiger partial charge in [0.25, 0.3) is 0 Å². The Morgan fingerprint density at radius 1 is 0.676 bits per heavy atom. The van der Waals surface area contributed by atoms with E-state index in [1.165, 1.54) is 6.92 Å². The van der Waals surface area contributed by atoms with E-state index in [4.69, 9.17) is 24.5 Å². The summed E-state index contributed by atoms with van der Waals surface area (Å²) < 4.78 is 12.5. The van der Waals surface area contributed by atoms with E-state index in [9.17, 15) is 9.59 Å². The number of Topliss-reactive ketones (excluding diaryl/α,β-unsaturated/α-hetero) is 1. The lowest BCUT2D eigenvalue weighted by Crippen LogP contribution is -2.62. The zero-order valence-electron chi connectivity index (χ0n) is 40.7. The summed E-state index contributed by atoms with van der Waals surface area (Å²) in [5.74, 6) is -0.167. The van der Waals surface area contributed by atoms with Crippen LogP contribution < -0.4 is 5.43 Å². The zero-order valence-corrected chi connectivity index (χ0v) is 40.7. The number of hydrazone groups is 1. The maximum Gasteiger partial charge on any atom is 0.303 e. The summed E-state index contributed by atoms with van der Waals surface area (Å²) in [4.78, 5) is 47.6. The molecule has 1 saturated carbocycles. The van der Waals surface area contributed by atoms with E-state index in [0.717, 1.165) is 120 Å². The van der Waals surface area contributed by atoms with Gasteiger partial charge in [-0.15, -0.1) is 0 Å². The third kappa shape index (κ3) is 6.94. The summed E-state index contributed by atoms with van der Waals surface area (Å²) >= 11 is 0. The Hall–Kier alpha value is -8.93. The molecule has 1 saturated heterocycles. The average Bonchev–Trinajstić information content (AvgIpc) is 4.44. The van der Waals surface area contributed by atoms with Crippen molar-refractivity contribution in [2.75, 3.05) is 19.0 Å². The quantitative estimate of drug-likeness (QED) is 0.0621. The Balaban J connectivity index is 0.896. The van der Waals surface area contributed by atoms with Crippen LogP contribution in [0.25, 0.3) is 90.9 Å². The van der Waals surface area contributed by atoms with Crippen molar-refractivity contribution < 1.29 is 19.1 Å². The number of aromatic nitrogens is 4. The number of likely N-dealkylation sites (tertiary alicyclic amines) is 1. The van der Waals surface area contributed by atoms with E-state index < -0.39 is 17.6 Å². The first kappa shape index (κ1) is 43.8. The van der Waals surface area contributed by atoms with Crippen LogP contribution in [-0.4, -0.2) is 74.1 Å². The summed E-state index contributed by atoms with van der Waals surface area (Å²) in [5.41, 5.74) is 20.7. The standard InChI is InChI=1S/C63H49N7O4/c1-36(71)73-54-31-22-43-53-35-41-34-52(60(72)61-59(41)63(43,62(54)74-61)32-33-70(53)2)69-68-42-20-18-40(19-21-42)58-50-29-27-48(66-50)56(38-14-8-4-9-15-38)46-25-23-44(64-46)55(37-12-6-3-7-13-37)45-24-26-47(65-45)57(39-16-10-5-11-17-39)49-28-30-51(58)67-49/h3-31,34,43,53-54,62,64,67-68H,32-33,35H2,1-2H3/b55-44?,55-45?,56-46?,56-48?,57-47?,57-49?,58-50?,58-51?,69-52-/t43-,53+,54-,62-,63-/m0/s1. The fourth-order valence-electron chi connectivity index (χ4n) is 12.7. The molecule has 7 heterocycles. The minimum atomic E-state index is -0.583. The van der Waals surface area contributed by atoms with Crippen molar-refractivity contribution in [2.45, 2.75) is 38.0 Å². The number of allylic oxidation sites excluding steroid dienone is 2. The lowest BCUT2D eigenvalue weighted by atomic mass is 9.51. The van der Waals surface area contributed by atoms with Crippen molar-refractivity contribution >= 4 is 69.5 Å². The fraction of sp³-hybridized carbons (Fsp3) is 0.159. The van der Waals surface area contributed by atoms with Crippen molar-refractivity contribution in [1.82, 2.24) is 24.8 Å². The molecule has 11 nitrogen and oxygen atoms in total. The highest BCUT2D eigenvalue weighted by molar-refractivity contribution is 6.50. The van der Waals surface area contributed by atoms with Gasteiger partial charge in [-0.1, -0.05) is 109 Å². The summed E-state index contributed by atoms with van der Waals surface area (Å²) in [6.07, 6.45) is 15.0. The van der Waals surface area contributed by atoms with Crippen molar-refractivity contribution in [3.63, 3.8) is 0 Å². The molecule has 7 aliphatic rings. The van der Waals surface area contributed by atoms with Gasteiger partial charge in [0.05, 0.1) is 28.5 Å². The first-order chi connectivity index (χ1) is 36.3. The molecule has 3 aliphatic carbocycles. The smallest absolute Gasteiger partial charge is 0.303 e. The van der Waals surface area contributed by atoms with Crippen LogP contribution in [0.2, 0.25) is 0 Å². The minimum absolute atomic E-state index is 0.142. The monoisotopic (exact) mass is 967 g/mol. The van der Waals surface area contributed by atoms with Crippen LogP contribution >= 0.6 is 0 Å². The number of carbonyl (C=O) groups excluding carboxylic acids is 2. The number of rotatable bonds is 7. The van der Waals surface area contributed by atoms with E-state index in [-0.39, 0.29) is 29.4 Å². The third-order valence-corrected chi connectivity index (χ3v) is 15.9. The Bertz CT molecular complexity index is 3850.